The van der Waals surface area contributed by atoms with Crippen LogP contribution in [0.1, 0.15) is 6.42 Å². The molecule has 0 spiro atoms. The summed E-state index contributed by atoms with van der Waals surface area (Å²) >= 11 is 0. The van der Waals surface area contributed by atoms with Gasteiger partial charge in [0.15, 0.2) is 0 Å². The fourth-order valence-corrected chi connectivity index (χ4v) is 1.79. The van der Waals surface area contributed by atoms with Crippen LogP contribution < -0.4 is 11.1 Å². The van der Waals surface area contributed by atoms with E-state index in [1.165, 1.54) is 5.46 Å². The molecule has 0 bridgehead atoms. The molecule has 0 radical (unpaired) electrons. The summed E-state index contributed by atoms with van der Waals surface area (Å²) in [6.07, 6.45) is 9.57. The van der Waals surface area contributed by atoms with Crippen molar-refractivity contribution in [3.63, 3.8) is 0 Å². The molecule has 0 fully saturated rings. The normalized spacial score (nSPS) is 19.6. The minimum atomic E-state index is 0.123. The Labute approximate surface area is 85.4 Å². The van der Waals surface area contributed by atoms with Gasteiger partial charge in [0.05, 0.1) is 0 Å². The van der Waals surface area contributed by atoms with Gasteiger partial charge in [-0.1, -0.05) is 60.1 Å². The molecule has 14 heavy (non-hydrogen) atoms. The van der Waals surface area contributed by atoms with Crippen LogP contribution in [0.25, 0.3) is 0 Å². The predicted octanol–water partition coefficient (Wildman–Crippen LogP) is 1.73. The van der Waals surface area contributed by atoms with Gasteiger partial charge < -0.3 is 5.64 Å². The third-order valence-electron chi connectivity index (χ3n) is 2.66. The summed E-state index contributed by atoms with van der Waals surface area (Å²) in [6.45, 7) is 0.123. The molecule has 1 atom stereocenters. The maximum atomic E-state index is 6.18. The van der Waals surface area contributed by atoms with E-state index in [-0.39, 0.29) is 6.85 Å². The fourth-order valence-electron chi connectivity index (χ4n) is 1.79. The number of allylic oxidation sites excluding steroid dienone is 4. The van der Waals surface area contributed by atoms with E-state index >= 15 is 0 Å². The highest BCUT2D eigenvalue weighted by Crippen LogP contribution is 2.18. The summed E-state index contributed by atoms with van der Waals surface area (Å²) in [5.41, 5.74) is 7.40. The second kappa shape index (κ2) is 4.29. The standard InChI is InChI=1S/C12H14BN/c14-13(11-7-3-1-4-8-11)12-9-5-2-6-10-12/h1-9,12H,10,14H2. The largest absolute Gasteiger partial charge is 0.365 e. The minimum absolute atomic E-state index is 0.123. The van der Waals surface area contributed by atoms with Crippen LogP contribution in [0, 0.1) is 0 Å². The molecule has 0 aromatic heterocycles. The number of benzene rings is 1. The lowest BCUT2D eigenvalue weighted by Gasteiger charge is -2.17. The van der Waals surface area contributed by atoms with E-state index in [2.05, 4.69) is 36.4 Å². The van der Waals surface area contributed by atoms with Gasteiger partial charge in [-0.15, -0.1) is 0 Å². The van der Waals surface area contributed by atoms with E-state index < -0.39 is 0 Å². The lowest BCUT2D eigenvalue weighted by atomic mass is 9.46. The average Bonchev–Trinajstić information content (AvgIpc) is 2.30. The first-order chi connectivity index (χ1) is 6.88. The summed E-state index contributed by atoms with van der Waals surface area (Å²) in [5, 5.41) is 0. The molecule has 2 heteroatoms. The highest BCUT2D eigenvalue weighted by molar-refractivity contribution is 6.72. The van der Waals surface area contributed by atoms with Crippen LogP contribution in [0.2, 0.25) is 5.82 Å². The second-order valence-electron chi connectivity index (χ2n) is 3.65. The van der Waals surface area contributed by atoms with E-state index in [1.54, 1.807) is 0 Å². The Morgan fingerprint density at radius 3 is 2.57 bits per heavy atom. The first-order valence-corrected chi connectivity index (χ1v) is 5.02. The van der Waals surface area contributed by atoms with Crippen LogP contribution in [-0.2, 0) is 0 Å². The van der Waals surface area contributed by atoms with Gasteiger partial charge in [0.25, 0.3) is 6.85 Å². The SMILES string of the molecule is NB(c1ccccc1)C1C=CC=CC1. The summed E-state index contributed by atoms with van der Waals surface area (Å²) < 4.78 is 0. The molecular weight excluding hydrogens is 169 g/mol. The van der Waals surface area contributed by atoms with Gasteiger partial charge >= 0.3 is 0 Å². The quantitative estimate of drug-likeness (QED) is 0.694. The predicted molar refractivity (Wildman–Crippen MR) is 62.7 cm³/mol. The van der Waals surface area contributed by atoms with Crippen molar-refractivity contribution in [2.45, 2.75) is 12.2 Å². The van der Waals surface area contributed by atoms with Gasteiger partial charge in [-0.05, 0) is 12.2 Å². The molecule has 70 valence electrons. The summed E-state index contributed by atoms with van der Waals surface area (Å²) in [7, 11) is 0. The lowest BCUT2D eigenvalue weighted by Crippen LogP contribution is -2.43. The van der Waals surface area contributed by atoms with Gasteiger partial charge in [-0.3, -0.25) is 0 Å². The average molecular weight is 183 g/mol. The van der Waals surface area contributed by atoms with Crippen molar-refractivity contribution in [2.75, 3.05) is 0 Å². The molecule has 1 aliphatic carbocycles. The Morgan fingerprint density at radius 1 is 1.14 bits per heavy atom. The summed E-state index contributed by atoms with van der Waals surface area (Å²) in [6, 6.07) is 10.3. The molecular formula is C12H14BN. The first kappa shape index (κ1) is 9.29. The zero-order valence-electron chi connectivity index (χ0n) is 8.14. The summed E-state index contributed by atoms with van der Waals surface area (Å²) in [5.74, 6) is 0.447. The van der Waals surface area contributed by atoms with Crippen molar-refractivity contribution < 1.29 is 0 Å². The minimum Gasteiger partial charge on any atom is -0.365 e. The third kappa shape index (κ3) is 1.96. The van der Waals surface area contributed by atoms with Gasteiger partial charge in [0, 0.05) is 0 Å². The van der Waals surface area contributed by atoms with Crippen LogP contribution in [-0.4, -0.2) is 6.85 Å². The zero-order chi connectivity index (χ0) is 9.80. The topological polar surface area (TPSA) is 26.0 Å². The van der Waals surface area contributed by atoms with Gasteiger partial charge in [0.1, 0.15) is 0 Å². The number of hydrogen-bond acceptors (Lipinski definition) is 1. The molecule has 1 aromatic carbocycles. The third-order valence-corrected chi connectivity index (χ3v) is 2.66. The van der Waals surface area contributed by atoms with Crippen LogP contribution >= 0.6 is 0 Å². The van der Waals surface area contributed by atoms with E-state index in [9.17, 15) is 0 Å². The van der Waals surface area contributed by atoms with Crippen LogP contribution in [0.15, 0.2) is 54.6 Å². The molecule has 1 unspecified atom stereocenters. The zero-order valence-corrected chi connectivity index (χ0v) is 8.14. The Bertz CT molecular complexity index is 343. The molecule has 1 aliphatic rings. The Kier molecular flexibility index (Phi) is 2.85. The Morgan fingerprint density at radius 2 is 1.93 bits per heavy atom. The van der Waals surface area contributed by atoms with E-state index in [1.807, 2.05) is 18.2 Å². The Balaban J connectivity index is 2.12. The maximum Gasteiger partial charge on any atom is 0.259 e. The number of rotatable bonds is 2. The smallest absolute Gasteiger partial charge is 0.259 e. The fraction of sp³-hybridized carbons (Fsp3) is 0.167. The maximum absolute atomic E-state index is 6.18. The van der Waals surface area contributed by atoms with Gasteiger partial charge in [0.2, 0.25) is 0 Å². The van der Waals surface area contributed by atoms with Crippen molar-refractivity contribution >= 4 is 12.3 Å². The van der Waals surface area contributed by atoms with Crippen molar-refractivity contribution in [2.24, 2.45) is 5.64 Å². The second-order valence-corrected chi connectivity index (χ2v) is 3.65. The Hall–Kier alpha value is -1.28. The van der Waals surface area contributed by atoms with Crippen molar-refractivity contribution in [3.05, 3.63) is 54.6 Å². The van der Waals surface area contributed by atoms with Gasteiger partial charge in [-0.2, -0.15) is 0 Å². The molecule has 0 saturated heterocycles. The van der Waals surface area contributed by atoms with E-state index in [0.29, 0.717) is 5.82 Å². The number of hydrogen-bond donors (Lipinski definition) is 1. The molecule has 0 aliphatic heterocycles. The summed E-state index contributed by atoms with van der Waals surface area (Å²) in [4.78, 5) is 0. The molecule has 0 amide bonds. The molecule has 0 saturated carbocycles. The van der Waals surface area contributed by atoms with Gasteiger partial charge in [-0.25, -0.2) is 0 Å². The van der Waals surface area contributed by atoms with Crippen LogP contribution in [0.3, 0.4) is 0 Å². The molecule has 1 nitrogen and oxygen atoms in total. The lowest BCUT2D eigenvalue weighted by molar-refractivity contribution is 0.999. The molecule has 2 N–H and O–H groups in total. The number of nitrogens with two attached hydrogens (primary N) is 1. The first-order valence-electron chi connectivity index (χ1n) is 5.02. The van der Waals surface area contributed by atoms with Crippen LogP contribution in [0.5, 0.6) is 0 Å². The van der Waals surface area contributed by atoms with Crippen molar-refractivity contribution in [1.29, 1.82) is 0 Å². The molecule has 2 rings (SSSR count). The van der Waals surface area contributed by atoms with E-state index in [0.717, 1.165) is 6.42 Å². The monoisotopic (exact) mass is 183 g/mol. The van der Waals surface area contributed by atoms with Crippen molar-refractivity contribution in [1.82, 2.24) is 0 Å². The van der Waals surface area contributed by atoms with E-state index in [4.69, 9.17) is 5.64 Å². The highest BCUT2D eigenvalue weighted by Gasteiger charge is 2.20. The van der Waals surface area contributed by atoms with Crippen LogP contribution in [0.4, 0.5) is 0 Å². The highest BCUT2D eigenvalue weighted by atomic mass is 14.4. The van der Waals surface area contributed by atoms with Crippen molar-refractivity contribution in [3.8, 4) is 0 Å². The molecule has 1 aromatic rings. The molecule has 0 heterocycles.